The number of aromatic nitrogens is 3. The summed E-state index contributed by atoms with van der Waals surface area (Å²) >= 11 is 0. The first-order valence-electron chi connectivity index (χ1n) is 8.95. The fourth-order valence-corrected chi connectivity index (χ4v) is 3.52. The number of nitrogens with zero attached hydrogens (tertiary/aromatic N) is 5. The first kappa shape index (κ1) is 16.7. The third-order valence-corrected chi connectivity index (χ3v) is 4.91. The molecule has 1 saturated heterocycles. The minimum atomic E-state index is 0.495. The van der Waals surface area contributed by atoms with Gasteiger partial charge in [0.2, 0.25) is 0 Å². The molecule has 134 valence electrons. The Balaban J connectivity index is 1.49. The van der Waals surface area contributed by atoms with Crippen LogP contribution in [-0.4, -0.2) is 46.2 Å². The minimum absolute atomic E-state index is 0.495. The van der Waals surface area contributed by atoms with E-state index in [9.17, 15) is 0 Å². The molecule has 0 aliphatic carbocycles. The molecule has 3 heterocycles. The molecular formula is C20H23N5O. The van der Waals surface area contributed by atoms with Crippen molar-refractivity contribution in [2.75, 3.05) is 25.0 Å². The normalized spacial score (nSPS) is 17.2. The molecule has 1 aliphatic rings. The zero-order valence-electron chi connectivity index (χ0n) is 15.2. The van der Waals surface area contributed by atoms with Gasteiger partial charge in [0.25, 0.3) is 5.89 Å². The molecule has 3 aromatic rings. The number of aryl methyl sites for hydroxylation is 1. The van der Waals surface area contributed by atoms with Crippen molar-refractivity contribution in [2.45, 2.75) is 25.9 Å². The van der Waals surface area contributed by atoms with E-state index >= 15 is 0 Å². The van der Waals surface area contributed by atoms with Crippen LogP contribution >= 0.6 is 0 Å². The molecule has 0 radical (unpaired) electrons. The molecule has 1 aliphatic heterocycles. The summed E-state index contributed by atoms with van der Waals surface area (Å²) in [5.41, 5.74) is 2.24. The Hall–Kier alpha value is -2.73. The van der Waals surface area contributed by atoms with Crippen LogP contribution in [-0.2, 0) is 6.54 Å². The topological polar surface area (TPSA) is 58.3 Å². The summed E-state index contributed by atoms with van der Waals surface area (Å²) in [5, 5.41) is 3.91. The minimum Gasteiger partial charge on any atom is -0.354 e. The van der Waals surface area contributed by atoms with Crippen LogP contribution in [0.25, 0.3) is 11.5 Å². The summed E-state index contributed by atoms with van der Waals surface area (Å²) < 4.78 is 5.37. The molecule has 1 atom stereocenters. The smallest absolute Gasteiger partial charge is 0.261 e. The molecule has 6 nitrogen and oxygen atoms in total. The van der Waals surface area contributed by atoms with E-state index in [1.807, 2.05) is 25.3 Å². The Morgan fingerprint density at radius 3 is 2.81 bits per heavy atom. The Morgan fingerprint density at radius 1 is 1.19 bits per heavy atom. The van der Waals surface area contributed by atoms with Crippen molar-refractivity contribution in [2.24, 2.45) is 0 Å². The summed E-state index contributed by atoms with van der Waals surface area (Å²) in [7, 11) is 2.20. The second kappa shape index (κ2) is 7.25. The van der Waals surface area contributed by atoms with Gasteiger partial charge in [0, 0.05) is 31.9 Å². The second-order valence-electron chi connectivity index (χ2n) is 6.81. The van der Waals surface area contributed by atoms with Gasteiger partial charge in [-0.2, -0.15) is 4.98 Å². The monoisotopic (exact) mass is 349 g/mol. The van der Waals surface area contributed by atoms with Crippen LogP contribution in [0.2, 0.25) is 0 Å². The zero-order chi connectivity index (χ0) is 17.9. The van der Waals surface area contributed by atoms with Crippen LogP contribution < -0.4 is 4.90 Å². The van der Waals surface area contributed by atoms with Crippen molar-refractivity contribution >= 4 is 5.82 Å². The molecule has 4 rings (SSSR count). The fourth-order valence-electron chi connectivity index (χ4n) is 3.52. The first-order chi connectivity index (χ1) is 12.7. The van der Waals surface area contributed by atoms with E-state index in [2.05, 4.69) is 62.3 Å². The van der Waals surface area contributed by atoms with Gasteiger partial charge in [-0.1, -0.05) is 35.5 Å². The predicted molar refractivity (Wildman–Crippen MR) is 101 cm³/mol. The lowest BCUT2D eigenvalue weighted by atomic mass is 10.1. The third-order valence-electron chi connectivity index (χ3n) is 4.91. The average molecular weight is 349 g/mol. The maximum atomic E-state index is 5.37. The highest BCUT2D eigenvalue weighted by Gasteiger charge is 2.29. The van der Waals surface area contributed by atoms with Gasteiger partial charge < -0.3 is 9.42 Å². The summed E-state index contributed by atoms with van der Waals surface area (Å²) in [6.45, 7) is 4.70. The lowest BCUT2D eigenvalue weighted by Crippen LogP contribution is -2.34. The molecule has 0 unspecified atom stereocenters. The van der Waals surface area contributed by atoms with Crippen molar-refractivity contribution < 1.29 is 4.52 Å². The van der Waals surface area contributed by atoms with E-state index in [0.717, 1.165) is 37.4 Å². The molecule has 0 amide bonds. The molecule has 1 aromatic carbocycles. The maximum absolute atomic E-state index is 5.37. The van der Waals surface area contributed by atoms with Crippen LogP contribution in [0.3, 0.4) is 0 Å². The van der Waals surface area contributed by atoms with Crippen molar-refractivity contribution in [3.8, 4) is 11.5 Å². The lowest BCUT2D eigenvalue weighted by Gasteiger charge is -2.25. The SMILES string of the molecule is Cc1noc(-c2cccnc2N2CC[C@H](N(C)Cc3ccccc3)C2)n1. The summed E-state index contributed by atoms with van der Waals surface area (Å²) in [4.78, 5) is 13.7. The molecule has 2 aromatic heterocycles. The number of anilines is 1. The number of pyridine rings is 1. The maximum Gasteiger partial charge on any atom is 0.261 e. The zero-order valence-corrected chi connectivity index (χ0v) is 15.2. The Morgan fingerprint density at radius 2 is 2.04 bits per heavy atom. The highest BCUT2D eigenvalue weighted by molar-refractivity contribution is 5.70. The van der Waals surface area contributed by atoms with Gasteiger partial charge >= 0.3 is 0 Å². The highest BCUT2D eigenvalue weighted by atomic mass is 16.5. The number of hydrogen-bond donors (Lipinski definition) is 0. The van der Waals surface area contributed by atoms with E-state index < -0.39 is 0 Å². The Kier molecular flexibility index (Phi) is 4.67. The standard InChI is InChI=1S/C20H23N5O/c1-15-22-20(26-23-15)18-9-6-11-21-19(18)25-12-10-17(14-25)24(2)13-16-7-4-3-5-8-16/h3-9,11,17H,10,12-14H2,1-2H3/t17-/m0/s1. The van der Waals surface area contributed by atoms with Crippen LogP contribution in [0.15, 0.2) is 53.2 Å². The molecule has 1 fully saturated rings. The van der Waals surface area contributed by atoms with E-state index in [1.165, 1.54) is 5.56 Å². The number of benzene rings is 1. The fraction of sp³-hybridized carbons (Fsp3) is 0.350. The van der Waals surface area contributed by atoms with Gasteiger partial charge in [-0.05, 0) is 38.1 Å². The van der Waals surface area contributed by atoms with Gasteiger partial charge in [0.05, 0.1) is 5.56 Å². The van der Waals surface area contributed by atoms with Crippen molar-refractivity contribution in [1.29, 1.82) is 0 Å². The molecule has 0 saturated carbocycles. The van der Waals surface area contributed by atoms with Crippen LogP contribution in [0.4, 0.5) is 5.82 Å². The summed E-state index contributed by atoms with van der Waals surface area (Å²) in [6, 6.07) is 15.0. The molecule has 6 heteroatoms. The summed E-state index contributed by atoms with van der Waals surface area (Å²) in [5.74, 6) is 2.09. The van der Waals surface area contributed by atoms with E-state index in [0.29, 0.717) is 17.8 Å². The van der Waals surface area contributed by atoms with Crippen molar-refractivity contribution in [3.05, 3.63) is 60.0 Å². The van der Waals surface area contributed by atoms with E-state index in [1.54, 1.807) is 0 Å². The number of hydrogen-bond acceptors (Lipinski definition) is 6. The van der Waals surface area contributed by atoms with E-state index in [-0.39, 0.29) is 0 Å². The number of rotatable bonds is 5. The van der Waals surface area contributed by atoms with Crippen molar-refractivity contribution in [1.82, 2.24) is 20.0 Å². The molecule has 26 heavy (non-hydrogen) atoms. The first-order valence-corrected chi connectivity index (χ1v) is 8.95. The van der Waals surface area contributed by atoms with E-state index in [4.69, 9.17) is 4.52 Å². The van der Waals surface area contributed by atoms with Gasteiger partial charge in [-0.25, -0.2) is 4.98 Å². The van der Waals surface area contributed by atoms with Gasteiger partial charge in [0.15, 0.2) is 5.82 Å². The Labute approximate surface area is 153 Å². The third kappa shape index (κ3) is 3.46. The Bertz CT molecular complexity index is 863. The van der Waals surface area contributed by atoms with Crippen LogP contribution in [0.1, 0.15) is 17.8 Å². The summed E-state index contributed by atoms with van der Waals surface area (Å²) in [6.07, 6.45) is 2.94. The average Bonchev–Trinajstić information content (AvgIpc) is 3.32. The molecule has 0 bridgehead atoms. The predicted octanol–water partition coefficient (Wildman–Crippen LogP) is 3.15. The highest BCUT2D eigenvalue weighted by Crippen LogP contribution is 2.30. The molecular weight excluding hydrogens is 326 g/mol. The van der Waals surface area contributed by atoms with Crippen molar-refractivity contribution in [3.63, 3.8) is 0 Å². The van der Waals surface area contributed by atoms with Crippen LogP contribution in [0.5, 0.6) is 0 Å². The molecule has 0 spiro atoms. The van der Waals surface area contributed by atoms with Gasteiger partial charge in [-0.15, -0.1) is 0 Å². The van der Waals surface area contributed by atoms with Crippen LogP contribution in [0, 0.1) is 6.92 Å². The quantitative estimate of drug-likeness (QED) is 0.705. The largest absolute Gasteiger partial charge is 0.354 e. The molecule has 0 N–H and O–H groups in total. The lowest BCUT2D eigenvalue weighted by molar-refractivity contribution is 0.250. The number of likely N-dealkylation sites (N-methyl/N-ethyl adjacent to an activating group) is 1. The van der Waals surface area contributed by atoms with Gasteiger partial charge in [0.1, 0.15) is 5.82 Å². The second-order valence-corrected chi connectivity index (χ2v) is 6.81. The van der Waals surface area contributed by atoms with Gasteiger partial charge in [-0.3, -0.25) is 4.90 Å².